The normalized spacial score (nSPS) is 13.7. The lowest BCUT2D eigenvalue weighted by atomic mass is 10.1. The molecule has 1 N–H and O–H groups in total. The molecule has 0 heterocycles. The van der Waals surface area contributed by atoms with Crippen LogP contribution in [0.3, 0.4) is 0 Å². The highest BCUT2D eigenvalue weighted by molar-refractivity contribution is 7.92. The number of aryl methyl sites for hydroxylation is 3. The van der Waals surface area contributed by atoms with E-state index in [-0.39, 0.29) is 0 Å². The van der Waals surface area contributed by atoms with Crippen molar-refractivity contribution in [1.29, 1.82) is 0 Å². The Morgan fingerprint density at radius 2 is 1.78 bits per heavy atom. The van der Waals surface area contributed by atoms with E-state index in [4.69, 9.17) is 16.3 Å². The van der Waals surface area contributed by atoms with Crippen LogP contribution in [0.4, 0.5) is 5.69 Å². The molecule has 0 atom stereocenters. The number of rotatable bonds is 4. The number of halogens is 1. The van der Waals surface area contributed by atoms with Crippen molar-refractivity contribution in [1.82, 2.24) is 0 Å². The highest BCUT2D eigenvalue weighted by Crippen LogP contribution is 2.37. The van der Waals surface area contributed by atoms with Crippen LogP contribution in [0, 0.1) is 6.92 Å². The second-order valence-corrected chi connectivity index (χ2v) is 8.04. The lowest BCUT2D eigenvalue weighted by Crippen LogP contribution is -2.11. The summed E-state index contributed by atoms with van der Waals surface area (Å²) < 4.78 is 31.8. The minimum atomic E-state index is -3.38. The summed E-state index contributed by atoms with van der Waals surface area (Å²) in [6.07, 6.45) is 4.17. The summed E-state index contributed by atoms with van der Waals surface area (Å²) in [5.41, 5.74) is 3.76. The van der Waals surface area contributed by atoms with Gasteiger partial charge in [0.1, 0.15) is 5.75 Å². The molecular formula is C17H18ClNO3S. The zero-order valence-corrected chi connectivity index (χ0v) is 14.6. The summed E-state index contributed by atoms with van der Waals surface area (Å²) >= 11 is 5.97. The fraction of sp³-hybridized carbons (Fsp3) is 0.294. The van der Waals surface area contributed by atoms with E-state index in [1.54, 1.807) is 12.1 Å². The molecule has 3 rings (SSSR count). The lowest BCUT2D eigenvalue weighted by Gasteiger charge is -2.15. The second kappa shape index (κ2) is 6.06. The Morgan fingerprint density at radius 1 is 1.09 bits per heavy atom. The molecule has 122 valence electrons. The molecular weight excluding hydrogens is 334 g/mol. The highest BCUT2D eigenvalue weighted by atomic mass is 35.5. The predicted molar refractivity (Wildman–Crippen MR) is 93.2 cm³/mol. The quantitative estimate of drug-likeness (QED) is 0.893. The van der Waals surface area contributed by atoms with Crippen LogP contribution in [0.2, 0.25) is 5.02 Å². The first-order valence-corrected chi connectivity index (χ1v) is 9.66. The minimum Gasteiger partial charge on any atom is -0.455 e. The molecule has 0 unspecified atom stereocenters. The third-order valence-electron chi connectivity index (χ3n) is 3.85. The van der Waals surface area contributed by atoms with Crippen LogP contribution in [-0.2, 0) is 22.9 Å². The monoisotopic (exact) mass is 351 g/mol. The van der Waals surface area contributed by atoms with E-state index >= 15 is 0 Å². The van der Waals surface area contributed by atoms with Crippen LogP contribution >= 0.6 is 11.6 Å². The second-order valence-electron chi connectivity index (χ2n) is 5.86. The van der Waals surface area contributed by atoms with Crippen LogP contribution < -0.4 is 9.46 Å². The number of hydrogen-bond donors (Lipinski definition) is 1. The molecule has 0 saturated heterocycles. The van der Waals surface area contributed by atoms with Crippen LogP contribution in [0.5, 0.6) is 11.5 Å². The van der Waals surface area contributed by atoms with Crippen LogP contribution in [-0.4, -0.2) is 14.7 Å². The predicted octanol–water partition coefficient (Wildman–Crippen LogP) is 4.30. The number of fused-ring (bicyclic) bond motifs is 1. The van der Waals surface area contributed by atoms with Gasteiger partial charge in [0, 0.05) is 5.02 Å². The van der Waals surface area contributed by atoms with Gasteiger partial charge in [-0.3, -0.25) is 4.72 Å². The van der Waals surface area contributed by atoms with Gasteiger partial charge in [0.2, 0.25) is 10.0 Å². The van der Waals surface area contributed by atoms with Gasteiger partial charge in [0.15, 0.2) is 5.75 Å². The molecule has 2 aromatic rings. The number of nitrogens with one attached hydrogen (secondary N) is 1. The summed E-state index contributed by atoms with van der Waals surface area (Å²) in [6.45, 7) is 1.90. The summed E-state index contributed by atoms with van der Waals surface area (Å²) in [7, 11) is -3.38. The van der Waals surface area contributed by atoms with Crippen molar-refractivity contribution in [3.8, 4) is 11.5 Å². The molecule has 0 aliphatic heterocycles. The van der Waals surface area contributed by atoms with E-state index in [0.29, 0.717) is 22.2 Å². The number of sulfonamides is 1. The maximum atomic E-state index is 11.6. The van der Waals surface area contributed by atoms with Gasteiger partial charge < -0.3 is 4.74 Å². The SMILES string of the molecule is Cc1cc(Cl)ccc1Oc1cc2c(cc1NS(C)(=O)=O)CCC2. The molecule has 1 aliphatic carbocycles. The first-order valence-electron chi connectivity index (χ1n) is 7.39. The third-order valence-corrected chi connectivity index (χ3v) is 4.67. The maximum absolute atomic E-state index is 11.6. The molecule has 2 aromatic carbocycles. The summed E-state index contributed by atoms with van der Waals surface area (Å²) in [5.74, 6) is 1.17. The Hall–Kier alpha value is -1.72. The first-order chi connectivity index (χ1) is 10.8. The molecule has 0 saturated carbocycles. The topological polar surface area (TPSA) is 55.4 Å². The van der Waals surface area contributed by atoms with Crippen LogP contribution in [0.15, 0.2) is 30.3 Å². The van der Waals surface area contributed by atoms with Gasteiger partial charge in [0.05, 0.1) is 11.9 Å². The van der Waals surface area contributed by atoms with Gasteiger partial charge in [-0.2, -0.15) is 0 Å². The molecule has 0 amide bonds. The average molecular weight is 352 g/mol. The molecule has 1 aliphatic rings. The van der Waals surface area contributed by atoms with Gasteiger partial charge in [0.25, 0.3) is 0 Å². The Morgan fingerprint density at radius 3 is 2.43 bits per heavy atom. The number of hydrogen-bond acceptors (Lipinski definition) is 3. The zero-order chi connectivity index (χ0) is 16.6. The summed E-state index contributed by atoms with van der Waals surface area (Å²) in [4.78, 5) is 0. The van der Waals surface area contributed by atoms with E-state index in [2.05, 4.69) is 4.72 Å². The number of ether oxygens (including phenoxy) is 1. The maximum Gasteiger partial charge on any atom is 0.229 e. The van der Waals surface area contributed by atoms with E-state index in [1.807, 2.05) is 25.1 Å². The van der Waals surface area contributed by atoms with Gasteiger partial charge in [-0.25, -0.2) is 8.42 Å². The Kier molecular flexibility index (Phi) is 4.25. The number of benzene rings is 2. The van der Waals surface area contributed by atoms with Crippen molar-refractivity contribution in [2.24, 2.45) is 0 Å². The van der Waals surface area contributed by atoms with Crippen molar-refractivity contribution in [3.63, 3.8) is 0 Å². The Labute approximate surface area is 141 Å². The van der Waals surface area contributed by atoms with E-state index in [9.17, 15) is 8.42 Å². The smallest absolute Gasteiger partial charge is 0.229 e. The van der Waals surface area contributed by atoms with Crippen molar-refractivity contribution < 1.29 is 13.2 Å². The van der Waals surface area contributed by atoms with Gasteiger partial charge in [-0.15, -0.1) is 0 Å². The average Bonchev–Trinajstić information content (AvgIpc) is 2.87. The van der Waals surface area contributed by atoms with Crippen molar-refractivity contribution >= 4 is 27.3 Å². The molecule has 0 spiro atoms. The molecule has 23 heavy (non-hydrogen) atoms. The zero-order valence-electron chi connectivity index (χ0n) is 13.0. The molecule has 0 fully saturated rings. The molecule has 0 radical (unpaired) electrons. The summed E-state index contributed by atoms with van der Waals surface area (Å²) in [6, 6.07) is 9.16. The molecule has 0 bridgehead atoms. The largest absolute Gasteiger partial charge is 0.455 e. The Balaban J connectivity index is 2.02. The third kappa shape index (κ3) is 3.79. The standard InChI is InChI=1S/C17H18ClNO3S/c1-11-8-14(18)6-7-16(11)22-17-10-13-5-3-4-12(13)9-15(17)19-23(2,20)21/h6-10,19H,3-5H2,1-2H3. The first kappa shape index (κ1) is 16.1. The fourth-order valence-corrected chi connectivity index (χ4v) is 3.60. The molecule has 6 heteroatoms. The van der Waals surface area contributed by atoms with Gasteiger partial charge in [-0.1, -0.05) is 11.6 Å². The van der Waals surface area contributed by atoms with Crippen molar-refractivity contribution in [2.45, 2.75) is 26.2 Å². The Bertz CT molecular complexity index is 862. The van der Waals surface area contributed by atoms with Crippen LogP contribution in [0.1, 0.15) is 23.1 Å². The number of anilines is 1. The van der Waals surface area contributed by atoms with Crippen LogP contribution in [0.25, 0.3) is 0 Å². The molecule has 4 nitrogen and oxygen atoms in total. The lowest BCUT2D eigenvalue weighted by molar-refractivity contribution is 0.480. The minimum absolute atomic E-state index is 0.475. The van der Waals surface area contributed by atoms with Gasteiger partial charge >= 0.3 is 0 Å². The van der Waals surface area contributed by atoms with Crippen molar-refractivity contribution in [3.05, 3.63) is 52.0 Å². The van der Waals surface area contributed by atoms with E-state index in [1.165, 1.54) is 11.1 Å². The van der Waals surface area contributed by atoms with Gasteiger partial charge in [-0.05, 0) is 73.2 Å². The fourth-order valence-electron chi connectivity index (χ4n) is 2.81. The highest BCUT2D eigenvalue weighted by Gasteiger charge is 2.18. The van der Waals surface area contributed by atoms with Crippen molar-refractivity contribution in [2.75, 3.05) is 11.0 Å². The molecule has 0 aromatic heterocycles. The van der Waals surface area contributed by atoms with E-state index in [0.717, 1.165) is 31.1 Å². The van der Waals surface area contributed by atoms with E-state index < -0.39 is 10.0 Å². The summed E-state index contributed by atoms with van der Waals surface area (Å²) in [5, 5.41) is 0.637.